The van der Waals surface area contributed by atoms with Crippen molar-refractivity contribution < 1.29 is 13.9 Å². The lowest BCUT2D eigenvalue weighted by atomic mass is 10.4. The molecule has 0 atom stereocenters. The Labute approximate surface area is 93.8 Å². The van der Waals surface area contributed by atoms with E-state index in [0.29, 0.717) is 12.3 Å². The van der Waals surface area contributed by atoms with E-state index >= 15 is 0 Å². The maximum atomic E-state index is 11.7. The summed E-state index contributed by atoms with van der Waals surface area (Å²) in [7, 11) is 0. The maximum absolute atomic E-state index is 11.7. The van der Waals surface area contributed by atoms with Crippen LogP contribution in [0.4, 0.5) is 0 Å². The number of nitrogens with zero attached hydrogens (tertiary/aromatic N) is 1. The van der Waals surface area contributed by atoms with Crippen molar-refractivity contribution in [2.45, 2.75) is 27.3 Å². The molecule has 2 heterocycles. The molecule has 0 N–H and O–H groups in total. The smallest absolute Gasteiger partial charge is 0.355 e. The molecule has 0 aliphatic carbocycles. The van der Waals surface area contributed by atoms with Crippen molar-refractivity contribution in [3.05, 3.63) is 23.6 Å². The summed E-state index contributed by atoms with van der Waals surface area (Å²) in [6, 6.07) is 3.67. The standard InChI is InChI=1S/C12H15NO3/c1-4-13-9-6-8(3)16-11(9)7-10(13)12(14)15-5-2/h6-7H,4-5H2,1-3H3. The highest BCUT2D eigenvalue weighted by molar-refractivity contribution is 5.94. The zero-order valence-corrected chi connectivity index (χ0v) is 9.74. The van der Waals surface area contributed by atoms with Gasteiger partial charge >= 0.3 is 5.97 Å². The summed E-state index contributed by atoms with van der Waals surface area (Å²) < 4.78 is 12.4. The van der Waals surface area contributed by atoms with E-state index in [1.807, 2.05) is 24.5 Å². The second-order valence-electron chi connectivity index (χ2n) is 3.60. The van der Waals surface area contributed by atoms with Crippen LogP contribution in [0.5, 0.6) is 0 Å². The molecule has 4 nitrogen and oxygen atoms in total. The molecule has 86 valence electrons. The molecule has 0 saturated carbocycles. The average molecular weight is 221 g/mol. The van der Waals surface area contributed by atoms with Gasteiger partial charge in [-0.3, -0.25) is 0 Å². The first-order chi connectivity index (χ1) is 7.67. The Hall–Kier alpha value is -1.71. The van der Waals surface area contributed by atoms with Crippen molar-refractivity contribution in [3.8, 4) is 0 Å². The summed E-state index contributed by atoms with van der Waals surface area (Å²) in [4.78, 5) is 11.7. The number of ether oxygens (including phenoxy) is 1. The van der Waals surface area contributed by atoms with Gasteiger partial charge in [-0.25, -0.2) is 4.79 Å². The fourth-order valence-electron chi connectivity index (χ4n) is 1.88. The van der Waals surface area contributed by atoms with Gasteiger partial charge in [0.15, 0.2) is 5.58 Å². The number of hydrogen-bond acceptors (Lipinski definition) is 3. The van der Waals surface area contributed by atoms with Crippen molar-refractivity contribution >= 4 is 17.1 Å². The predicted octanol–water partition coefficient (Wildman–Crippen LogP) is 2.74. The number of esters is 1. The van der Waals surface area contributed by atoms with Crippen LogP contribution in [0.1, 0.15) is 30.1 Å². The van der Waals surface area contributed by atoms with Crippen LogP contribution < -0.4 is 0 Å². The summed E-state index contributed by atoms with van der Waals surface area (Å²) in [5.41, 5.74) is 2.24. The third-order valence-electron chi connectivity index (χ3n) is 2.51. The van der Waals surface area contributed by atoms with Crippen molar-refractivity contribution in [2.24, 2.45) is 0 Å². The SMILES string of the molecule is CCOC(=O)c1cc2oc(C)cc2n1CC. The van der Waals surface area contributed by atoms with Gasteiger partial charge in [0.1, 0.15) is 11.5 Å². The Morgan fingerprint density at radius 1 is 1.44 bits per heavy atom. The van der Waals surface area contributed by atoms with Crippen LogP contribution in [0, 0.1) is 6.92 Å². The third kappa shape index (κ3) is 1.60. The number of aryl methyl sites for hydroxylation is 2. The lowest BCUT2D eigenvalue weighted by molar-refractivity contribution is 0.0514. The van der Waals surface area contributed by atoms with Gasteiger partial charge in [0.2, 0.25) is 0 Å². The molecule has 0 aliphatic heterocycles. The number of fused-ring (bicyclic) bond motifs is 1. The molecular formula is C12H15NO3. The summed E-state index contributed by atoms with van der Waals surface area (Å²) in [6.45, 7) is 6.78. The van der Waals surface area contributed by atoms with Gasteiger partial charge in [-0.1, -0.05) is 0 Å². The number of carbonyl (C=O) groups excluding carboxylic acids is 1. The van der Waals surface area contributed by atoms with Crippen LogP contribution in [0.25, 0.3) is 11.1 Å². The normalized spacial score (nSPS) is 10.9. The number of rotatable bonds is 3. The van der Waals surface area contributed by atoms with Crippen LogP contribution in [0.15, 0.2) is 16.5 Å². The molecule has 0 fully saturated rings. The van der Waals surface area contributed by atoms with Gasteiger partial charge in [-0.05, 0) is 20.8 Å². The monoisotopic (exact) mass is 221 g/mol. The molecule has 0 bridgehead atoms. The average Bonchev–Trinajstić information content (AvgIpc) is 2.73. The second kappa shape index (κ2) is 4.04. The first-order valence-corrected chi connectivity index (χ1v) is 5.44. The lowest BCUT2D eigenvalue weighted by Crippen LogP contribution is -2.11. The number of hydrogen-bond donors (Lipinski definition) is 0. The zero-order chi connectivity index (χ0) is 11.7. The van der Waals surface area contributed by atoms with Crippen LogP contribution in [0.3, 0.4) is 0 Å². The van der Waals surface area contributed by atoms with E-state index in [9.17, 15) is 4.79 Å². The van der Waals surface area contributed by atoms with Gasteiger partial charge in [-0.2, -0.15) is 0 Å². The topological polar surface area (TPSA) is 44.4 Å². The van der Waals surface area contributed by atoms with Crippen LogP contribution >= 0.6 is 0 Å². The van der Waals surface area contributed by atoms with Crippen LogP contribution in [-0.2, 0) is 11.3 Å². The summed E-state index contributed by atoms with van der Waals surface area (Å²) >= 11 is 0. The van der Waals surface area contributed by atoms with Crippen molar-refractivity contribution in [1.82, 2.24) is 4.57 Å². The second-order valence-corrected chi connectivity index (χ2v) is 3.60. The largest absolute Gasteiger partial charge is 0.461 e. The van der Waals surface area contributed by atoms with E-state index in [1.54, 1.807) is 13.0 Å². The van der Waals surface area contributed by atoms with Crippen LogP contribution in [-0.4, -0.2) is 17.1 Å². The Bertz CT molecular complexity index is 522. The predicted molar refractivity (Wildman–Crippen MR) is 60.6 cm³/mol. The first kappa shape index (κ1) is 10.8. The Kier molecular flexibility index (Phi) is 2.73. The Balaban J connectivity index is 2.53. The van der Waals surface area contributed by atoms with Crippen molar-refractivity contribution in [1.29, 1.82) is 0 Å². The number of aromatic nitrogens is 1. The Morgan fingerprint density at radius 2 is 2.19 bits per heavy atom. The Morgan fingerprint density at radius 3 is 2.81 bits per heavy atom. The van der Waals surface area contributed by atoms with E-state index in [1.165, 1.54) is 0 Å². The highest BCUT2D eigenvalue weighted by Crippen LogP contribution is 2.24. The van der Waals surface area contributed by atoms with Crippen LogP contribution in [0.2, 0.25) is 0 Å². The summed E-state index contributed by atoms with van der Waals surface area (Å²) in [5, 5.41) is 0. The molecule has 0 saturated heterocycles. The molecule has 0 radical (unpaired) electrons. The minimum atomic E-state index is -0.298. The van der Waals surface area contributed by atoms with Crippen molar-refractivity contribution in [2.75, 3.05) is 6.61 Å². The summed E-state index contributed by atoms with van der Waals surface area (Å²) in [6.07, 6.45) is 0. The van der Waals surface area contributed by atoms with Gasteiger partial charge in [0, 0.05) is 18.7 Å². The van der Waals surface area contributed by atoms with Gasteiger partial charge < -0.3 is 13.7 Å². The summed E-state index contributed by atoms with van der Waals surface area (Å²) in [5.74, 6) is 0.552. The molecule has 0 aromatic carbocycles. The minimum absolute atomic E-state index is 0.298. The maximum Gasteiger partial charge on any atom is 0.355 e. The molecule has 0 unspecified atom stereocenters. The molecule has 0 amide bonds. The third-order valence-corrected chi connectivity index (χ3v) is 2.51. The van der Waals surface area contributed by atoms with Crippen molar-refractivity contribution in [3.63, 3.8) is 0 Å². The van der Waals surface area contributed by atoms with E-state index in [4.69, 9.17) is 9.15 Å². The molecule has 2 rings (SSSR count). The quantitative estimate of drug-likeness (QED) is 0.748. The molecular weight excluding hydrogens is 206 g/mol. The molecule has 16 heavy (non-hydrogen) atoms. The number of carbonyl (C=O) groups is 1. The molecule has 2 aromatic heterocycles. The highest BCUT2D eigenvalue weighted by Gasteiger charge is 2.17. The van der Waals surface area contributed by atoms with E-state index in [-0.39, 0.29) is 5.97 Å². The molecule has 2 aromatic rings. The van der Waals surface area contributed by atoms with Gasteiger partial charge in [0.25, 0.3) is 0 Å². The minimum Gasteiger partial charge on any atom is -0.461 e. The fraction of sp³-hybridized carbons (Fsp3) is 0.417. The number of furan rings is 1. The lowest BCUT2D eigenvalue weighted by Gasteiger charge is -2.05. The van der Waals surface area contributed by atoms with E-state index in [0.717, 1.165) is 23.4 Å². The first-order valence-electron chi connectivity index (χ1n) is 5.44. The van der Waals surface area contributed by atoms with E-state index < -0.39 is 0 Å². The molecule has 0 spiro atoms. The highest BCUT2D eigenvalue weighted by atomic mass is 16.5. The molecule has 0 aliphatic rings. The fourth-order valence-corrected chi connectivity index (χ4v) is 1.88. The molecule has 4 heteroatoms. The van der Waals surface area contributed by atoms with Gasteiger partial charge in [0.05, 0.1) is 12.1 Å². The van der Waals surface area contributed by atoms with E-state index in [2.05, 4.69) is 0 Å². The van der Waals surface area contributed by atoms with Gasteiger partial charge in [-0.15, -0.1) is 0 Å². The zero-order valence-electron chi connectivity index (χ0n) is 9.74.